The maximum Gasteiger partial charge on any atom is 0.315 e. The van der Waals surface area contributed by atoms with Gasteiger partial charge in [0.2, 0.25) is 0 Å². The molecule has 5 nitrogen and oxygen atoms in total. The Balaban J connectivity index is 2.22. The highest BCUT2D eigenvalue weighted by Crippen LogP contribution is 2.20. The summed E-state index contributed by atoms with van der Waals surface area (Å²) < 4.78 is 5.18. The summed E-state index contributed by atoms with van der Waals surface area (Å²) in [6.07, 6.45) is 1.20. The molecule has 2 amide bonds. The van der Waals surface area contributed by atoms with Gasteiger partial charge in [-0.1, -0.05) is 13.8 Å². The van der Waals surface area contributed by atoms with E-state index in [0.717, 1.165) is 13.0 Å². The highest BCUT2D eigenvalue weighted by atomic mass is 16.5. The van der Waals surface area contributed by atoms with E-state index >= 15 is 0 Å². The second kappa shape index (κ2) is 6.21. The van der Waals surface area contributed by atoms with Crippen LogP contribution in [0.3, 0.4) is 0 Å². The van der Waals surface area contributed by atoms with Crippen LogP contribution in [0.5, 0.6) is 0 Å². The van der Waals surface area contributed by atoms with Crippen molar-refractivity contribution in [2.75, 3.05) is 19.8 Å². The zero-order valence-corrected chi connectivity index (χ0v) is 11.0. The van der Waals surface area contributed by atoms with Gasteiger partial charge >= 0.3 is 6.03 Å². The van der Waals surface area contributed by atoms with Crippen molar-refractivity contribution >= 4 is 6.03 Å². The molecule has 1 fully saturated rings. The summed E-state index contributed by atoms with van der Waals surface area (Å²) >= 11 is 0. The first-order valence-electron chi connectivity index (χ1n) is 6.19. The second-order valence-electron chi connectivity index (χ2n) is 5.60. The molecule has 17 heavy (non-hydrogen) atoms. The summed E-state index contributed by atoms with van der Waals surface area (Å²) in [4.78, 5) is 11.6. The first kappa shape index (κ1) is 14.3. The predicted octanol–water partition coefficient (Wildman–Crippen LogP) is 0.872. The maximum absolute atomic E-state index is 11.6. The summed E-state index contributed by atoms with van der Waals surface area (Å²) in [5.41, 5.74) is -0.0995. The third-order valence-corrected chi connectivity index (χ3v) is 2.84. The van der Waals surface area contributed by atoms with Crippen molar-refractivity contribution in [2.45, 2.75) is 45.8 Å². The fourth-order valence-electron chi connectivity index (χ4n) is 2.08. The van der Waals surface area contributed by atoms with Crippen molar-refractivity contribution in [1.29, 1.82) is 0 Å². The average Bonchev–Trinajstić information content (AvgIpc) is 2.65. The molecule has 3 N–H and O–H groups in total. The summed E-state index contributed by atoms with van der Waals surface area (Å²) in [6.45, 7) is 7.69. The van der Waals surface area contributed by atoms with E-state index in [0.29, 0.717) is 19.6 Å². The average molecular weight is 244 g/mol. The van der Waals surface area contributed by atoms with Crippen molar-refractivity contribution in [3.8, 4) is 0 Å². The van der Waals surface area contributed by atoms with Crippen LogP contribution in [-0.4, -0.2) is 43.0 Å². The number of ether oxygens (including phenoxy) is 1. The summed E-state index contributed by atoms with van der Waals surface area (Å²) in [7, 11) is 0. The van der Waals surface area contributed by atoms with E-state index in [4.69, 9.17) is 4.74 Å². The number of urea groups is 1. The van der Waals surface area contributed by atoms with Crippen LogP contribution in [0.15, 0.2) is 0 Å². The third-order valence-electron chi connectivity index (χ3n) is 2.84. The van der Waals surface area contributed by atoms with Gasteiger partial charge in [0.15, 0.2) is 0 Å². The first-order chi connectivity index (χ1) is 7.89. The summed E-state index contributed by atoms with van der Waals surface area (Å²) in [5.74, 6) is 0. The zero-order chi connectivity index (χ0) is 12.9. The van der Waals surface area contributed by atoms with Crippen LogP contribution in [0.2, 0.25) is 0 Å². The van der Waals surface area contributed by atoms with Crippen molar-refractivity contribution < 1.29 is 14.6 Å². The van der Waals surface area contributed by atoms with Crippen LogP contribution < -0.4 is 10.6 Å². The largest absolute Gasteiger partial charge is 0.393 e. The Kier molecular flexibility index (Phi) is 5.21. The van der Waals surface area contributed by atoms with Crippen LogP contribution in [0.25, 0.3) is 0 Å². The topological polar surface area (TPSA) is 70.6 Å². The minimum absolute atomic E-state index is 0.0995. The van der Waals surface area contributed by atoms with Gasteiger partial charge in [-0.15, -0.1) is 0 Å². The molecule has 1 heterocycles. The number of aliphatic hydroxyl groups is 1. The molecule has 0 aliphatic carbocycles. The Morgan fingerprint density at radius 1 is 1.59 bits per heavy atom. The van der Waals surface area contributed by atoms with E-state index in [1.807, 2.05) is 13.8 Å². The molecule has 2 atom stereocenters. The Morgan fingerprint density at radius 3 is 2.82 bits per heavy atom. The van der Waals surface area contributed by atoms with Crippen molar-refractivity contribution in [1.82, 2.24) is 10.6 Å². The van der Waals surface area contributed by atoms with Gasteiger partial charge in [-0.3, -0.25) is 0 Å². The molecule has 0 spiro atoms. The van der Waals surface area contributed by atoms with Crippen LogP contribution in [0, 0.1) is 5.41 Å². The Labute approximate surface area is 103 Å². The minimum atomic E-state index is -0.349. The van der Waals surface area contributed by atoms with Gasteiger partial charge in [0.25, 0.3) is 0 Å². The van der Waals surface area contributed by atoms with Crippen LogP contribution in [-0.2, 0) is 4.74 Å². The minimum Gasteiger partial charge on any atom is -0.393 e. The van der Waals surface area contributed by atoms with E-state index in [-0.39, 0.29) is 23.6 Å². The van der Waals surface area contributed by atoms with E-state index < -0.39 is 0 Å². The standard InChI is InChI=1S/C12H24N2O3/c1-9(15)6-12(2,3)8-13-11(16)14-10-4-5-17-7-10/h9-10,15H,4-8H2,1-3H3,(H2,13,14,16). The number of aliphatic hydroxyl groups excluding tert-OH is 1. The summed E-state index contributed by atoms with van der Waals surface area (Å²) in [5, 5.41) is 15.0. The Morgan fingerprint density at radius 2 is 2.29 bits per heavy atom. The number of carbonyl (C=O) groups is 1. The summed E-state index contributed by atoms with van der Waals surface area (Å²) in [6, 6.07) is -0.0194. The monoisotopic (exact) mass is 244 g/mol. The van der Waals surface area contributed by atoms with E-state index in [9.17, 15) is 9.90 Å². The van der Waals surface area contributed by atoms with Gasteiger partial charge < -0.3 is 20.5 Å². The van der Waals surface area contributed by atoms with Crippen LogP contribution in [0.1, 0.15) is 33.6 Å². The number of amides is 2. The first-order valence-corrected chi connectivity index (χ1v) is 6.19. The molecule has 0 aromatic carbocycles. The molecule has 0 aromatic rings. The smallest absolute Gasteiger partial charge is 0.315 e. The van der Waals surface area contributed by atoms with Crippen molar-refractivity contribution in [3.05, 3.63) is 0 Å². The van der Waals surface area contributed by atoms with Crippen molar-refractivity contribution in [2.24, 2.45) is 5.41 Å². The molecule has 0 saturated carbocycles. The maximum atomic E-state index is 11.6. The van der Waals surface area contributed by atoms with Crippen LogP contribution in [0.4, 0.5) is 4.79 Å². The quantitative estimate of drug-likeness (QED) is 0.672. The second-order valence-corrected chi connectivity index (χ2v) is 5.60. The highest BCUT2D eigenvalue weighted by molar-refractivity contribution is 5.74. The highest BCUT2D eigenvalue weighted by Gasteiger charge is 2.22. The van der Waals surface area contributed by atoms with Gasteiger partial charge in [-0.05, 0) is 25.2 Å². The molecular weight excluding hydrogens is 220 g/mol. The molecule has 5 heteroatoms. The number of hydrogen-bond donors (Lipinski definition) is 3. The lowest BCUT2D eigenvalue weighted by molar-refractivity contribution is 0.128. The molecule has 1 aliphatic heterocycles. The Bertz CT molecular complexity index is 248. The van der Waals surface area contributed by atoms with Gasteiger partial charge in [-0.2, -0.15) is 0 Å². The lowest BCUT2D eigenvalue weighted by Crippen LogP contribution is -2.45. The fourth-order valence-corrected chi connectivity index (χ4v) is 2.08. The third kappa shape index (κ3) is 5.89. The predicted molar refractivity (Wildman–Crippen MR) is 65.8 cm³/mol. The van der Waals surface area contributed by atoms with Gasteiger partial charge in [0.1, 0.15) is 0 Å². The molecule has 2 unspecified atom stereocenters. The molecule has 1 rings (SSSR count). The van der Waals surface area contributed by atoms with Crippen molar-refractivity contribution in [3.63, 3.8) is 0 Å². The molecular formula is C12H24N2O3. The molecule has 0 bridgehead atoms. The van der Waals surface area contributed by atoms with Gasteiger partial charge in [0, 0.05) is 13.2 Å². The lowest BCUT2D eigenvalue weighted by Gasteiger charge is -2.26. The molecule has 1 saturated heterocycles. The molecule has 100 valence electrons. The SMILES string of the molecule is CC(O)CC(C)(C)CNC(=O)NC1CCOC1. The Hall–Kier alpha value is -0.810. The van der Waals surface area contributed by atoms with Crippen LogP contribution >= 0.6 is 0 Å². The lowest BCUT2D eigenvalue weighted by atomic mass is 9.87. The molecule has 1 aliphatic rings. The van der Waals surface area contributed by atoms with E-state index in [1.165, 1.54) is 0 Å². The van der Waals surface area contributed by atoms with E-state index in [2.05, 4.69) is 10.6 Å². The van der Waals surface area contributed by atoms with E-state index in [1.54, 1.807) is 6.92 Å². The van der Waals surface area contributed by atoms with Gasteiger partial charge in [0.05, 0.1) is 18.8 Å². The fraction of sp³-hybridized carbons (Fsp3) is 0.917. The number of rotatable bonds is 5. The molecule has 0 radical (unpaired) electrons. The molecule has 0 aromatic heterocycles. The zero-order valence-electron chi connectivity index (χ0n) is 11.0. The number of carbonyl (C=O) groups excluding carboxylic acids is 1. The number of nitrogens with one attached hydrogen (secondary N) is 2. The van der Waals surface area contributed by atoms with Gasteiger partial charge in [-0.25, -0.2) is 4.79 Å². The number of hydrogen-bond acceptors (Lipinski definition) is 3. The normalized spacial score (nSPS) is 22.2.